The normalized spacial score (nSPS) is 6.00. The largest absolute Gasteiger partial charge is 0.109 e. The summed E-state index contributed by atoms with van der Waals surface area (Å²) in [7, 11) is 0.0278. The lowest BCUT2D eigenvalue weighted by Gasteiger charge is -1.42. The van der Waals surface area contributed by atoms with Crippen molar-refractivity contribution in [1.29, 1.82) is 0 Å². The number of hydrogen-bond acceptors (Lipinski definition) is 0. The first-order valence-corrected chi connectivity index (χ1v) is 5.01. The fourth-order valence-corrected chi connectivity index (χ4v) is 0. The minimum absolute atomic E-state index is 0.0278. The molecular weight excluding hydrogens is 185 g/mol. The van der Waals surface area contributed by atoms with Gasteiger partial charge in [-0.05, 0) is 0 Å². The highest BCUT2D eigenvalue weighted by molar-refractivity contribution is 7.90. The van der Waals surface area contributed by atoms with Crippen molar-refractivity contribution in [3.63, 3.8) is 0 Å². The molecule has 0 bridgehead atoms. The predicted octanol–water partition coefficient (Wildman–Crippen LogP) is 3.39. The van der Waals surface area contributed by atoms with Gasteiger partial charge in [0.1, 0.15) is 0 Å². The Labute approximate surface area is 58.5 Å². The van der Waals surface area contributed by atoms with E-state index in [-0.39, 0.29) is 12.6 Å². The fraction of sp³-hybridized carbons (Fsp3) is 1.00. The van der Waals surface area contributed by atoms with E-state index in [2.05, 4.69) is 0 Å². The molecule has 0 aliphatic carbocycles. The van der Waals surface area contributed by atoms with Gasteiger partial charge in [-0.1, -0.05) is 22.5 Å². The van der Waals surface area contributed by atoms with E-state index >= 15 is 0 Å². The van der Waals surface area contributed by atoms with Crippen molar-refractivity contribution in [2.24, 2.45) is 0 Å². The molecule has 0 rings (SSSR count). The zero-order valence-corrected chi connectivity index (χ0v) is 6.74. The molecule has 0 aliphatic rings. The molecule has 0 radical (unpaired) electrons. The molecule has 0 fully saturated rings. The van der Waals surface area contributed by atoms with Crippen LogP contribution in [0.4, 0.5) is 0 Å². The Morgan fingerprint density at radius 2 is 1.17 bits per heavy atom. The Morgan fingerprint density at radius 1 is 1.17 bits per heavy atom. The molecule has 40 valence electrons. The van der Waals surface area contributed by atoms with Gasteiger partial charge < -0.3 is 0 Å². The van der Waals surface area contributed by atoms with Crippen molar-refractivity contribution in [3.05, 3.63) is 0 Å². The summed E-state index contributed by atoms with van der Waals surface area (Å²) in [4.78, 5) is 0. The first kappa shape index (κ1) is 10.5. The summed E-state index contributed by atoms with van der Waals surface area (Å²) in [6.07, 6.45) is 0. The van der Waals surface area contributed by atoms with Crippen LogP contribution in [-0.2, 0) is 0 Å². The monoisotopic (exact) mass is 186 g/mol. The van der Waals surface area contributed by atoms with Gasteiger partial charge in [-0.3, -0.25) is 0 Å². The Bertz CT molecular complexity index is 9.51. The maximum atomic E-state index is 4.79. The highest BCUT2D eigenvalue weighted by Crippen LogP contribution is 2.19. The van der Waals surface area contributed by atoms with Crippen LogP contribution in [0, 0.1) is 0 Å². The maximum Gasteiger partial charge on any atom is 0.0967 e. The van der Waals surface area contributed by atoms with Crippen LogP contribution in [0.2, 0.25) is 0 Å². The molecule has 0 aromatic rings. The molecule has 0 atom stereocenters. The first-order chi connectivity index (χ1) is 2.83. The summed E-state index contributed by atoms with van der Waals surface area (Å²) in [5.74, 6) is 0. The maximum absolute atomic E-state index is 4.79. The number of rotatable bonds is 0. The lowest BCUT2D eigenvalue weighted by Crippen LogP contribution is -1.24. The Balaban J connectivity index is 0. The summed E-state index contributed by atoms with van der Waals surface area (Å²) in [5, 5.41) is 0.194. The highest BCUT2D eigenvalue weighted by Gasteiger charge is 1.41. The van der Waals surface area contributed by atoms with E-state index in [4.69, 9.17) is 45.7 Å². The van der Waals surface area contributed by atoms with Crippen LogP contribution in [0.3, 0.4) is 0 Å². The number of hydrogen-bond donors (Lipinski definition) is 0. The second-order valence-corrected chi connectivity index (χ2v) is 2.84. The van der Waals surface area contributed by atoms with Crippen LogP contribution in [0.25, 0.3) is 0 Å². The van der Waals surface area contributed by atoms with Crippen molar-refractivity contribution in [1.82, 2.24) is 0 Å². The van der Waals surface area contributed by atoms with Gasteiger partial charge in [0.2, 0.25) is 0 Å². The van der Waals surface area contributed by atoms with E-state index in [9.17, 15) is 0 Å². The molecule has 0 amide bonds. The SMILES string of the molecule is ClCCl.ClPCl. The third kappa shape index (κ3) is 46.6. The van der Waals surface area contributed by atoms with Gasteiger partial charge in [-0.25, -0.2) is 0 Å². The van der Waals surface area contributed by atoms with Crippen LogP contribution in [0.15, 0.2) is 0 Å². The standard InChI is InChI=1S/CH2Cl2.Cl2HP/c2-1-3;1-3-2/h1H2;3H. The summed E-state index contributed by atoms with van der Waals surface area (Å²) >= 11 is 19.1. The van der Waals surface area contributed by atoms with Gasteiger partial charge in [0.25, 0.3) is 0 Å². The molecule has 0 spiro atoms. The zero-order valence-electron chi connectivity index (χ0n) is 2.72. The van der Waals surface area contributed by atoms with E-state index in [1.54, 1.807) is 0 Å². The molecule has 6 heavy (non-hydrogen) atoms. The lowest BCUT2D eigenvalue weighted by atomic mass is 11.9. The van der Waals surface area contributed by atoms with Gasteiger partial charge in [0.15, 0.2) is 0 Å². The Kier molecular flexibility index (Phi) is 28.1. The second kappa shape index (κ2) is 16.0. The van der Waals surface area contributed by atoms with E-state index in [1.165, 1.54) is 0 Å². The van der Waals surface area contributed by atoms with Gasteiger partial charge in [-0.15, -0.1) is 23.2 Å². The third-order valence-electron chi connectivity index (χ3n) is 0. The first-order valence-electron chi connectivity index (χ1n) is 0.912. The molecular formula is CH3Cl4P. The lowest BCUT2D eigenvalue weighted by molar-refractivity contribution is 2.20. The summed E-state index contributed by atoms with van der Waals surface area (Å²) in [5.41, 5.74) is 0. The van der Waals surface area contributed by atoms with Crippen molar-refractivity contribution in [3.8, 4) is 0 Å². The van der Waals surface area contributed by atoms with E-state index in [0.717, 1.165) is 0 Å². The average molecular weight is 188 g/mol. The quantitative estimate of drug-likeness (QED) is 0.403. The van der Waals surface area contributed by atoms with E-state index in [0.29, 0.717) is 0 Å². The molecule has 0 aromatic carbocycles. The molecule has 0 aliphatic heterocycles. The molecule has 0 heterocycles. The van der Waals surface area contributed by atoms with Crippen LogP contribution in [0.1, 0.15) is 0 Å². The minimum Gasteiger partial charge on any atom is -0.109 e. The number of alkyl halides is 2. The fourth-order valence-electron chi connectivity index (χ4n) is 0. The molecule has 5 heteroatoms. The van der Waals surface area contributed by atoms with Gasteiger partial charge in [0, 0.05) is 0 Å². The van der Waals surface area contributed by atoms with Crippen molar-refractivity contribution < 1.29 is 0 Å². The van der Waals surface area contributed by atoms with Crippen molar-refractivity contribution in [2.45, 2.75) is 0 Å². The van der Waals surface area contributed by atoms with Crippen molar-refractivity contribution in [2.75, 3.05) is 5.34 Å². The topological polar surface area (TPSA) is 0 Å². The third-order valence-corrected chi connectivity index (χ3v) is 0. The van der Waals surface area contributed by atoms with Crippen LogP contribution < -0.4 is 0 Å². The molecule has 0 aromatic heterocycles. The number of halogens is 4. The second-order valence-electron chi connectivity index (χ2n) is 0.172. The average Bonchev–Trinajstić information content (AvgIpc) is 1.39. The van der Waals surface area contributed by atoms with Crippen LogP contribution in [-0.4, -0.2) is 5.34 Å². The van der Waals surface area contributed by atoms with Gasteiger partial charge >= 0.3 is 0 Å². The van der Waals surface area contributed by atoms with Gasteiger partial charge in [0.05, 0.1) is 12.6 Å². The molecule has 0 unspecified atom stereocenters. The summed E-state index contributed by atoms with van der Waals surface area (Å²) < 4.78 is 0. The Hall–Kier alpha value is 1.59. The van der Waals surface area contributed by atoms with E-state index < -0.39 is 0 Å². The predicted molar refractivity (Wildman–Crippen MR) is 36.6 cm³/mol. The Morgan fingerprint density at radius 3 is 1.17 bits per heavy atom. The smallest absolute Gasteiger partial charge is 0.0967 e. The highest BCUT2D eigenvalue weighted by atomic mass is 35.9. The molecule has 0 nitrogen and oxygen atoms in total. The molecule has 0 saturated carbocycles. The van der Waals surface area contributed by atoms with Crippen LogP contribution in [0.5, 0.6) is 0 Å². The zero-order chi connectivity index (χ0) is 5.41. The summed E-state index contributed by atoms with van der Waals surface area (Å²) in [6.45, 7) is 0. The van der Waals surface area contributed by atoms with Crippen molar-refractivity contribution >= 4 is 53.0 Å². The van der Waals surface area contributed by atoms with E-state index in [1.807, 2.05) is 0 Å². The summed E-state index contributed by atoms with van der Waals surface area (Å²) in [6, 6.07) is 0. The van der Waals surface area contributed by atoms with Crippen LogP contribution >= 0.6 is 53.0 Å². The minimum atomic E-state index is 0.0278. The molecule has 0 saturated heterocycles. The molecule has 0 N–H and O–H groups in total. The van der Waals surface area contributed by atoms with Gasteiger partial charge in [-0.2, -0.15) is 0 Å².